The van der Waals surface area contributed by atoms with Gasteiger partial charge in [0.15, 0.2) is 0 Å². The zero-order valence-electron chi connectivity index (χ0n) is 15.9. The second-order valence-electron chi connectivity index (χ2n) is 6.16. The van der Waals surface area contributed by atoms with Crippen LogP contribution >= 0.6 is 0 Å². The molecule has 0 heterocycles. The molecule has 1 aromatic rings. The smallest absolute Gasteiger partial charge is 0.321 e. The van der Waals surface area contributed by atoms with Crippen molar-refractivity contribution in [2.75, 3.05) is 25.0 Å². The molecule has 7 heteroatoms. The van der Waals surface area contributed by atoms with Gasteiger partial charge in [-0.05, 0) is 38.4 Å². The van der Waals surface area contributed by atoms with Gasteiger partial charge in [0.1, 0.15) is 0 Å². The summed E-state index contributed by atoms with van der Waals surface area (Å²) in [4.78, 5) is 38.0. The number of amides is 4. The lowest BCUT2D eigenvalue weighted by atomic mass is 10.2. The van der Waals surface area contributed by atoms with Gasteiger partial charge in [0.2, 0.25) is 11.8 Å². The first-order valence-corrected chi connectivity index (χ1v) is 9.15. The summed E-state index contributed by atoms with van der Waals surface area (Å²) < 4.78 is 0. The Labute approximate surface area is 155 Å². The van der Waals surface area contributed by atoms with Gasteiger partial charge in [-0.2, -0.15) is 0 Å². The Hall–Kier alpha value is -2.41. The van der Waals surface area contributed by atoms with Crippen LogP contribution in [0.1, 0.15) is 40.0 Å². The lowest BCUT2D eigenvalue weighted by Gasteiger charge is -2.27. The van der Waals surface area contributed by atoms with Gasteiger partial charge in [-0.1, -0.05) is 38.5 Å². The third-order valence-corrected chi connectivity index (χ3v) is 3.89. The summed E-state index contributed by atoms with van der Waals surface area (Å²) >= 11 is 0. The number of anilines is 1. The number of imide groups is 1. The van der Waals surface area contributed by atoms with E-state index in [-0.39, 0.29) is 12.5 Å². The van der Waals surface area contributed by atoms with Crippen LogP contribution in [0.25, 0.3) is 0 Å². The molecule has 1 unspecified atom stereocenters. The van der Waals surface area contributed by atoms with Crippen molar-refractivity contribution in [2.24, 2.45) is 0 Å². The molecule has 1 aromatic carbocycles. The van der Waals surface area contributed by atoms with Crippen LogP contribution in [-0.2, 0) is 9.59 Å². The molecule has 3 N–H and O–H groups in total. The number of urea groups is 1. The fourth-order valence-corrected chi connectivity index (χ4v) is 2.40. The van der Waals surface area contributed by atoms with Crippen LogP contribution in [0.2, 0.25) is 0 Å². The van der Waals surface area contributed by atoms with Crippen molar-refractivity contribution >= 4 is 23.5 Å². The number of nitrogens with one attached hydrogen (secondary N) is 3. The zero-order chi connectivity index (χ0) is 19.4. The van der Waals surface area contributed by atoms with Crippen molar-refractivity contribution in [3.63, 3.8) is 0 Å². The van der Waals surface area contributed by atoms with Crippen LogP contribution in [-0.4, -0.2) is 48.4 Å². The maximum absolute atomic E-state index is 12.4. The van der Waals surface area contributed by atoms with E-state index in [1.165, 1.54) is 0 Å². The molecule has 0 fully saturated rings. The summed E-state index contributed by atoms with van der Waals surface area (Å²) in [5, 5.41) is 7.78. The van der Waals surface area contributed by atoms with E-state index in [4.69, 9.17) is 0 Å². The normalized spacial score (nSPS) is 11.7. The molecule has 0 aliphatic carbocycles. The molecule has 4 amide bonds. The number of carbonyl (C=O) groups is 3. The molecule has 0 saturated heterocycles. The van der Waals surface area contributed by atoms with E-state index in [9.17, 15) is 14.4 Å². The van der Waals surface area contributed by atoms with Gasteiger partial charge in [0.05, 0.1) is 12.6 Å². The summed E-state index contributed by atoms with van der Waals surface area (Å²) in [6.45, 7) is 6.85. The van der Waals surface area contributed by atoms with E-state index in [1.54, 1.807) is 11.8 Å². The Morgan fingerprint density at radius 2 is 1.77 bits per heavy atom. The van der Waals surface area contributed by atoms with Crippen molar-refractivity contribution in [3.05, 3.63) is 30.3 Å². The van der Waals surface area contributed by atoms with Crippen molar-refractivity contribution in [1.29, 1.82) is 0 Å². The first kappa shape index (κ1) is 21.6. The summed E-state index contributed by atoms with van der Waals surface area (Å²) in [5.74, 6) is -0.614. The van der Waals surface area contributed by atoms with E-state index in [1.807, 2.05) is 44.2 Å². The topological polar surface area (TPSA) is 90.5 Å². The lowest BCUT2D eigenvalue weighted by Crippen LogP contribution is -2.49. The monoisotopic (exact) mass is 362 g/mol. The molecular weight excluding hydrogens is 332 g/mol. The molecule has 144 valence electrons. The molecular formula is C19H30N4O3. The van der Waals surface area contributed by atoms with Gasteiger partial charge in [0, 0.05) is 12.2 Å². The average Bonchev–Trinajstić information content (AvgIpc) is 2.61. The molecule has 1 atom stereocenters. The molecule has 26 heavy (non-hydrogen) atoms. The van der Waals surface area contributed by atoms with Gasteiger partial charge < -0.3 is 10.6 Å². The van der Waals surface area contributed by atoms with E-state index < -0.39 is 18.0 Å². The molecule has 0 aromatic heterocycles. The molecule has 7 nitrogen and oxygen atoms in total. The van der Waals surface area contributed by atoms with Crippen LogP contribution in [0.3, 0.4) is 0 Å². The Morgan fingerprint density at radius 1 is 1.08 bits per heavy atom. The average molecular weight is 362 g/mol. The Kier molecular flexibility index (Phi) is 10.0. The summed E-state index contributed by atoms with van der Waals surface area (Å²) in [5.41, 5.74) is 0.709. The van der Waals surface area contributed by atoms with Gasteiger partial charge in [-0.15, -0.1) is 0 Å². The predicted octanol–water partition coefficient (Wildman–Crippen LogP) is 2.35. The predicted molar refractivity (Wildman–Crippen MR) is 103 cm³/mol. The van der Waals surface area contributed by atoms with Crippen LogP contribution < -0.4 is 16.0 Å². The van der Waals surface area contributed by atoms with Gasteiger partial charge in [-0.25, -0.2) is 4.79 Å². The quantitative estimate of drug-likeness (QED) is 0.557. The third-order valence-electron chi connectivity index (χ3n) is 3.89. The van der Waals surface area contributed by atoms with Crippen LogP contribution in [0, 0.1) is 0 Å². The van der Waals surface area contributed by atoms with E-state index >= 15 is 0 Å². The first-order chi connectivity index (χ1) is 12.5. The second-order valence-corrected chi connectivity index (χ2v) is 6.16. The summed E-state index contributed by atoms with van der Waals surface area (Å²) in [7, 11) is 0. The van der Waals surface area contributed by atoms with Crippen molar-refractivity contribution in [2.45, 2.75) is 46.1 Å². The number of nitrogens with zero attached hydrogens (tertiary/aromatic N) is 1. The lowest BCUT2D eigenvalue weighted by molar-refractivity contribution is -0.124. The molecule has 0 bridgehead atoms. The minimum atomic E-state index is -0.499. The molecule has 0 radical (unpaired) electrons. The third kappa shape index (κ3) is 8.11. The van der Waals surface area contributed by atoms with Crippen LogP contribution in [0.15, 0.2) is 30.3 Å². The standard InChI is InChI=1S/C19H30N4O3/c1-4-6-12-20-19(26)22-17(24)14-23(13-5-2)15(3)18(25)21-16-10-8-7-9-11-16/h7-11,15H,4-6,12-14H2,1-3H3,(H,21,25)(H2,20,22,24,26). The fraction of sp³-hybridized carbons (Fsp3) is 0.526. The summed E-state index contributed by atoms with van der Waals surface area (Å²) in [6.07, 6.45) is 2.62. The Morgan fingerprint density at radius 3 is 2.38 bits per heavy atom. The number of benzene rings is 1. The van der Waals surface area contributed by atoms with Gasteiger partial charge in [0.25, 0.3) is 0 Å². The van der Waals surface area contributed by atoms with Crippen molar-refractivity contribution in [3.8, 4) is 0 Å². The first-order valence-electron chi connectivity index (χ1n) is 9.15. The van der Waals surface area contributed by atoms with Gasteiger partial charge in [-0.3, -0.25) is 19.8 Å². The number of hydrogen-bond acceptors (Lipinski definition) is 4. The van der Waals surface area contributed by atoms with Crippen molar-refractivity contribution < 1.29 is 14.4 Å². The Balaban J connectivity index is 2.56. The fourth-order valence-electron chi connectivity index (χ4n) is 2.40. The SMILES string of the molecule is CCCCNC(=O)NC(=O)CN(CCC)C(C)C(=O)Nc1ccccc1. The van der Waals surface area contributed by atoms with Crippen LogP contribution in [0.4, 0.5) is 10.5 Å². The second kappa shape index (κ2) is 12.0. The molecule has 0 spiro atoms. The van der Waals surface area contributed by atoms with Crippen molar-refractivity contribution in [1.82, 2.24) is 15.5 Å². The van der Waals surface area contributed by atoms with E-state index in [0.29, 0.717) is 18.8 Å². The van der Waals surface area contributed by atoms with Gasteiger partial charge >= 0.3 is 6.03 Å². The van der Waals surface area contributed by atoms with E-state index in [0.717, 1.165) is 19.3 Å². The number of unbranched alkanes of at least 4 members (excludes halogenated alkanes) is 1. The molecule has 0 saturated carbocycles. The highest BCUT2D eigenvalue weighted by Crippen LogP contribution is 2.08. The number of rotatable bonds is 10. The molecule has 0 aliphatic rings. The summed E-state index contributed by atoms with van der Waals surface area (Å²) in [6, 6.07) is 8.18. The van der Waals surface area contributed by atoms with E-state index in [2.05, 4.69) is 16.0 Å². The highest BCUT2D eigenvalue weighted by Gasteiger charge is 2.23. The van der Waals surface area contributed by atoms with Crippen LogP contribution in [0.5, 0.6) is 0 Å². The number of carbonyl (C=O) groups excluding carboxylic acids is 3. The number of hydrogen-bond donors (Lipinski definition) is 3. The highest BCUT2D eigenvalue weighted by atomic mass is 16.2. The largest absolute Gasteiger partial charge is 0.338 e. The number of para-hydroxylation sites is 1. The Bertz CT molecular complexity index is 577. The maximum Gasteiger partial charge on any atom is 0.321 e. The molecule has 1 rings (SSSR count). The minimum Gasteiger partial charge on any atom is -0.338 e. The minimum absolute atomic E-state index is 0.0155. The molecule has 0 aliphatic heterocycles. The maximum atomic E-state index is 12.4. The highest BCUT2D eigenvalue weighted by molar-refractivity contribution is 5.97. The zero-order valence-corrected chi connectivity index (χ0v) is 15.9.